The Balaban J connectivity index is 0.00000132. The number of carbonyl (C=O) groups is 1. The lowest BCUT2D eigenvalue weighted by molar-refractivity contribution is 0.0738. The van der Waals surface area contributed by atoms with E-state index in [9.17, 15) is 4.79 Å². The minimum absolute atomic E-state index is 0. The number of fused-ring (bicyclic) bond motifs is 1. The third-order valence-corrected chi connectivity index (χ3v) is 4.36. The van der Waals surface area contributed by atoms with Crippen LogP contribution in [0.5, 0.6) is 0 Å². The molecule has 1 aromatic heterocycles. The first-order valence-electron chi connectivity index (χ1n) is 7.16. The van der Waals surface area contributed by atoms with Crippen molar-refractivity contribution in [1.29, 1.82) is 0 Å². The fourth-order valence-electron chi connectivity index (χ4n) is 2.95. The zero-order valence-corrected chi connectivity index (χ0v) is 15.1. The van der Waals surface area contributed by atoms with Crippen LogP contribution in [0.25, 0.3) is 10.9 Å². The summed E-state index contributed by atoms with van der Waals surface area (Å²) < 4.78 is 0. The average Bonchev–Trinajstić information content (AvgIpc) is 2.87. The van der Waals surface area contributed by atoms with Crippen LogP contribution in [0.2, 0.25) is 5.02 Å². The molecule has 0 spiro atoms. The van der Waals surface area contributed by atoms with E-state index in [0.717, 1.165) is 17.3 Å². The highest BCUT2D eigenvalue weighted by Gasteiger charge is 2.32. The van der Waals surface area contributed by atoms with Crippen molar-refractivity contribution in [3.05, 3.63) is 41.0 Å². The Morgan fingerprint density at radius 2 is 2.04 bits per heavy atom. The number of nitrogens with two attached hydrogens (primary N) is 1. The Labute approximate surface area is 153 Å². The van der Waals surface area contributed by atoms with Crippen molar-refractivity contribution in [3.63, 3.8) is 0 Å². The molecule has 0 radical (unpaired) electrons. The maximum absolute atomic E-state index is 12.6. The molecular formula is C16H20Cl3N3O. The first-order valence-corrected chi connectivity index (χ1v) is 7.53. The van der Waals surface area contributed by atoms with Crippen LogP contribution < -0.4 is 5.73 Å². The zero-order chi connectivity index (χ0) is 15.0. The van der Waals surface area contributed by atoms with E-state index in [0.29, 0.717) is 29.7 Å². The number of aromatic nitrogens is 1. The molecular weight excluding hydrogens is 357 g/mol. The van der Waals surface area contributed by atoms with Crippen LogP contribution in [-0.2, 0) is 0 Å². The summed E-state index contributed by atoms with van der Waals surface area (Å²) in [5.41, 5.74) is 6.93. The average molecular weight is 377 g/mol. The van der Waals surface area contributed by atoms with Gasteiger partial charge < -0.3 is 10.6 Å². The number of hydrogen-bond donors (Lipinski definition) is 1. The molecule has 0 bridgehead atoms. The van der Waals surface area contributed by atoms with Gasteiger partial charge in [-0.3, -0.25) is 4.79 Å². The molecule has 4 nitrogen and oxygen atoms in total. The topological polar surface area (TPSA) is 59.2 Å². The Kier molecular flexibility index (Phi) is 7.08. The second kappa shape index (κ2) is 8.15. The second-order valence-electron chi connectivity index (χ2n) is 5.68. The van der Waals surface area contributed by atoms with Crippen molar-refractivity contribution in [2.75, 3.05) is 13.1 Å². The van der Waals surface area contributed by atoms with E-state index >= 15 is 0 Å². The molecule has 1 aliphatic heterocycles. The highest BCUT2D eigenvalue weighted by molar-refractivity contribution is 6.31. The lowest BCUT2D eigenvalue weighted by atomic mass is 10.1. The van der Waals surface area contributed by atoms with Crippen molar-refractivity contribution < 1.29 is 4.79 Å². The van der Waals surface area contributed by atoms with Gasteiger partial charge in [0.25, 0.3) is 5.91 Å². The molecule has 0 saturated carbocycles. The summed E-state index contributed by atoms with van der Waals surface area (Å²) in [6.45, 7) is 3.39. The molecule has 126 valence electrons. The Bertz CT molecular complexity index is 695. The normalized spacial score (nSPS) is 20.0. The molecule has 1 fully saturated rings. The van der Waals surface area contributed by atoms with Crippen molar-refractivity contribution in [2.24, 2.45) is 11.7 Å². The van der Waals surface area contributed by atoms with Gasteiger partial charge in [0.15, 0.2) is 0 Å². The van der Waals surface area contributed by atoms with Gasteiger partial charge in [0, 0.05) is 23.0 Å². The third-order valence-electron chi connectivity index (χ3n) is 4.13. The minimum atomic E-state index is -0.0275. The summed E-state index contributed by atoms with van der Waals surface area (Å²) in [5, 5.41) is 1.60. The van der Waals surface area contributed by atoms with Crippen molar-refractivity contribution in [3.8, 4) is 0 Å². The second-order valence-corrected chi connectivity index (χ2v) is 6.11. The van der Waals surface area contributed by atoms with E-state index in [-0.39, 0.29) is 36.8 Å². The number of benzene rings is 1. The van der Waals surface area contributed by atoms with Gasteiger partial charge in [-0.25, -0.2) is 4.98 Å². The number of hydrogen-bond acceptors (Lipinski definition) is 3. The minimum Gasteiger partial charge on any atom is -0.334 e. The van der Waals surface area contributed by atoms with Gasteiger partial charge in [-0.05, 0) is 44.0 Å². The number of pyridine rings is 1. The number of carbonyl (C=O) groups excluding carboxylic acids is 1. The maximum atomic E-state index is 12.6. The van der Waals surface area contributed by atoms with Gasteiger partial charge in [-0.2, -0.15) is 0 Å². The van der Waals surface area contributed by atoms with Crippen LogP contribution in [0.3, 0.4) is 0 Å². The first-order chi connectivity index (χ1) is 10.1. The Morgan fingerprint density at radius 1 is 1.35 bits per heavy atom. The molecule has 0 aliphatic carbocycles. The maximum Gasteiger partial charge on any atom is 0.272 e. The summed E-state index contributed by atoms with van der Waals surface area (Å²) in [6.07, 6.45) is 0.960. The molecule has 7 heteroatoms. The van der Waals surface area contributed by atoms with Crippen molar-refractivity contribution >= 4 is 53.2 Å². The summed E-state index contributed by atoms with van der Waals surface area (Å²) in [6, 6.07) is 9.41. The molecule has 2 atom stereocenters. The largest absolute Gasteiger partial charge is 0.334 e. The summed E-state index contributed by atoms with van der Waals surface area (Å²) in [7, 11) is 0. The van der Waals surface area contributed by atoms with Gasteiger partial charge in [-0.15, -0.1) is 24.8 Å². The lowest BCUT2D eigenvalue weighted by Gasteiger charge is -2.21. The number of nitrogens with zero attached hydrogens (tertiary/aromatic N) is 2. The van der Waals surface area contributed by atoms with E-state index in [2.05, 4.69) is 11.9 Å². The molecule has 1 aromatic carbocycles. The fraction of sp³-hybridized carbons (Fsp3) is 0.375. The van der Waals surface area contributed by atoms with E-state index in [1.165, 1.54) is 0 Å². The smallest absolute Gasteiger partial charge is 0.272 e. The highest BCUT2D eigenvalue weighted by Crippen LogP contribution is 2.25. The Morgan fingerprint density at radius 3 is 2.70 bits per heavy atom. The van der Waals surface area contributed by atoms with Crippen LogP contribution in [0.1, 0.15) is 23.8 Å². The lowest BCUT2D eigenvalue weighted by Crippen LogP contribution is -2.34. The van der Waals surface area contributed by atoms with Crippen LogP contribution in [-0.4, -0.2) is 34.9 Å². The quantitative estimate of drug-likeness (QED) is 0.872. The van der Waals surface area contributed by atoms with Crippen LogP contribution >= 0.6 is 36.4 Å². The molecule has 3 rings (SSSR count). The summed E-state index contributed by atoms with van der Waals surface area (Å²) in [5.74, 6) is 0.360. The Hall–Kier alpha value is -1.07. The van der Waals surface area contributed by atoms with Crippen LogP contribution in [0.15, 0.2) is 30.3 Å². The molecule has 2 unspecified atom stereocenters. The van der Waals surface area contributed by atoms with Crippen molar-refractivity contribution in [1.82, 2.24) is 9.88 Å². The van der Waals surface area contributed by atoms with Crippen LogP contribution in [0.4, 0.5) is 0 Å². The zero-order valence-electron chi connectivity index (χ0n) is 12.7. The molecule has 23 heavy (non-hydrogen) atoms. The van der Waals surface area contributed by atoms with E-state index in [1.54, 1.807) is 12.1 Å². The van der Waals surface area contributed by atoms with Crippen LogP contribution in [0, 0.1) is 5.92 Å². The predicted octanol–water partition coefficient (Wildman–Crippen LogP) is 3.54. The molecule has 1 amide bonds. The number of halogens is 3. The molecule has 1 aliphatic rings. The predicted molar refractivity (Wildman–Crippen MR) is 98.9 cm³/mol. The molecule has 2 heterocycles. The van der Waals surface area contributed by atoms with Gasteiger partial charge in [0.2, 0.25) is 0 Å². The van der Waals surface area contributed by atoms with E-state index < -0.39 is 0 Å². The SMILES string of the molecule is CC1CC(CN)CN1C(=O)c1ccc2ccc(Cl)cc2n1.Cl.Cl. The van der Waals surface area contributed by atoms with Gasteiger partial charge in [0.1, 0.15) is 5.69 Å². The number of rotatable bonds is 2. The van der Waals surface area contributed by atoms with Crippen molar-refractivity contribution in [2.45, 2.75) is 19.4 Å². The first kappa shape index (κ1) is 20.0. The van der Waals surface area contributed by atoms with Gasteiger partial charge >= 0.3 is 0 Å². The van der Waals surface area contributed by atoms with E-state index in [1.807, 2.05) is 23.1 Å². The molecule has 1 saturated heterocycles. The van der Waals surface area contributed by atoms with Gasteiger partial charge in [-0.1, -0.05) is 23.7 Å². The molecule has 2 aromatic rings. The third kappa shape index (κ3) is 4.07. The number of likely N-dealkylation sites (tertiary alicyclic amines) is 1. The van der Waals surface area contributed by atoms with E-state index in [4.69, 9.17) is 17.3 Å². The summed E-state index contributed by atoms with van der Waals surface area (Å²) >= 11 is 5.99. The fourth-order valence-corrected chi connectivity index (χ4v) is 3.12. The monoisotopic (exact) mass is 375 g/mol. The highest BCUT2D eigenvalue weighted by atomic mass is 35.5. The standard InChI is InChI=1S/C16H18ClN3O.2ClH/c1-10-6-11(8-18)9-20(10)16(21)14-5-3-12-2-4-13(17)7-15(12)19-14;;/h2-5,7,10-11H,6,8-9,18H2,1H3;2*1H. The molecule has 2 N–H and O–H groups in total. The number of amides is 1. The van der Waals surface area contributed by atoms with Gasteiger partial charge in [0.05, 0.1) is 5.52 Å². The summed E-state index contributed by atoms with van der Waals surface area (Å²) in [4.78, 5) is 19.0.